The number of aromatic nitrogens is 5. The molecule has 0 aliphatic rings. The number of nitrogens with one attached hydrogen (secondary N) is 3. The number of rotatable bonds is 8. The second-order valence-electron chi connectivity index (χ2n) is 7.25. The maximum Gasteiger partial charge on any atom is 0.323 e. The van der Waals surface area contributed by atoms with E-state index >= 15 is 0 Å². The molecule has 0 fully saturated rings. The highest BCUT2D eigenvalue weighted by atomic mass is 32.2. The Balaban J connectivity index is 1.54. The Morgan fingerprint density at radius 3 is 2.61 bits per heavy atom. The largest absolute Gasteiger partial charge is 0.325 e. The summed E-state index contributed by atoms with van der Waals surface area (Å²) in [7, 11) is -3.65. The van der Waals surface area contributed by atoms with Crippen LogP contribution in [0.2, 0.25) is 0 Å². The van der Waals surface area contributed by atoms with E-state index in [1.54, 1.807) is 49.4 Å². The summed E-state index contributed by atoms with van der Waals surface area (Å²) < 4.78 is 28.7. The fourth-order valence-electron chi connectivity index (χ4n) is 3.36. The lowest BCUT2D eigenvalue weighted by atomic mass is 10.2. The number of pyridine rings is 1. The van der Waals surface area contributed by atoms with E-state index in [1.165, 1.54) is 16.6 Å². The molecular weight excluding hydrogens is 466 g/mol. The molecule has 0 aliphatic carbocycles. The molecule has 4 rings (SSSR count). The Morgan fingerprint density at radius 1 is 1.15 bits per heavy atom. The zero-order valence-electron chi connectivity index (χ0n) is 18.2. The summed E-state index contributed by atoms with van der Waals surface area (Å²) in [6, 6.07) is 8.15. The average molecular weight is 490 g/mol. The van der Waals surface area contributed by atoms with Crippen molar-refractivity contribution in [3.8, 4) is 0 Å². The number of benzene rings is 1. The summed E-state index contributed by atoms with van der Waals surface area (Å²) in [5, 5.41) is 10.9. The number of nitrogens with zero attached hydrogens (tertiary/aromatic N) is 4. The fourth-order valence-corrected chi connectivity index (χ4v) is 5.65. The van der Waals surface area contributed by atoms with Gasteiger partial charge in [0.15, 0.2) is 10.8 Å². The van der Waals surface area contributed by atoms with Crippen LogP contribution in [0.4, 0.5) is 5.69 Å². The van der Waals surface area contributed by atoms with Crippen LogP contribution in [-0.2, 0) is 14.8 Å². The van der Waals surface area contributed by atoms with Crippen LogP contribution in [0.1, 0.15) is 20.8 Å². The second kappa shape index (κ2) is 9.00. The molecule has 1 amide bonds. The van der Waals surface area contributed by atoms with Crippen molar-refractivity contribution in [1.82, 2.24) is 28.9 Å². The first-order valence-corrected chi connectivity index (χ1v) is 12.6. The van der Waals surface area contributed by atoms with Gasteiger partial charge in [0.1, 0.15) is 0 Å². The van der Waals surface area contributed by atoms with Crippen LogP contribution >= 0.6 is 11.8 Å². The van der Waals surface area contributed by atoms with Crippen LogP contribution in [0.15, 0.2) is 51.4 Å². The van der Waals surface area contributed by atoms with Gasteiger partial charge in [0.25, 0.3) is 0 Å². The summed E-state index contributed by atoms with van der Waals surface area (Å²) in [5.41, 5.74) is 1.92. The monoisotopic (exact) mass is 489 g/mol. The van der Waals surface area contributed by atoms with Crippen molar-refractivity contribution in [2.24, 2.45) is 0 Å². The Hall–Kier alpha value is -3.16. The number of sulfonamides is 1. The molecule has 174 valence electrons. The van der Waals surface area contributed by atoms with Crippen LogP contribution < -0.4 is 11.0 Å². The molecule has 0 radical (unpaired) electrons. The van der Waals surface area contributed by atoms with E-state index in [4.69, 9.17) is 0 Å². The molecule has 13 heteroatoms. The quantitative estimate of drug-likeness (QED) is 0.321. The van der Waals surface area contributed by atoms with Crippen molar-refractivity contribution in [2.45, 2.75) is 36.1 Å². The topological polar surface area (TPSA) is 145 Å². The maximum atomic E-state index is 12.9. The summed E-state index contributed by atoms with van der Waals surface area (Å²) in [6.07, 6.45) is 1.48. The number of carbonyl (C=O) groups is 1. The standard InChI is InChI=1S/C20H23N7O4S2/c1-4-26(5-2)33(30,31)14-7-9-17-24-25-20(27(17)11-14)32-12(3)18(28)21-13-6-8-15-16(10-13)23-19(29)22-15/h6-12H,4-5H2,1-3H3,(H,21,28)(H2,22,23,29). The third-order valence-electron chi connectivity index (χ3n) is 5.12. The highest BCUT2D eigenvalue weighted by molar-refractivity contribution is 8.00. The van der Waals surface area contributed by atoms with Gasteiger partial charge in [-0.15, -0.1) is 10.2 Å². The zero-order valence-corrected chi connectivity index (χ0v) is 19.8. The predicted octanol–water partition coefficient (Wildman–Crippen LogP) is 2.05. The molecule has 3 aromatic heterocycles. The Bertz CT molecular complexity index is 1490. The van der Waals surface area contributed by atoms with E-state index in [1.807, 2.05) is 0 Å². The van der Waals surface area contributed by atoms with Crippen LogP contribution in [0.3, 0.4) is 0 Å². The first-order valence-electron chi connectivity index (χ1n) is 10.3. The Kier molecular flexibility index (Phi) is 6.28. The lowest BCUT2D eigenvalue weighted by Crippen LogP contribution is -2.30. The van der Waals surface area contributed by atoms with Crippen molar-refractivity contribution < 1.29 is 13.2 Å². The summed E-state index contributed by atoms with van der Waals surface area (Å²) >= 11 is 1.16. The maximum absolute atomic E-state index is 12.9. The van der Waals surface area contributed by atoms with E-state index in [9.17, 15) is 18.0 Å². The first-order chi connectivity index (χ1) is 15.7. The number of imidazole rings is 1. The highest BCUT2D eigenvalue weighted by Gasteiger charge is 2.24. The normalized spacial score (nSPS) is 13.1. The van der Waals surface area contributed by atoms with E-state index in [0.29, 0.717) is 40.6 Å². The van der Waals surface area contributed by atoms with Crippen molar-refractivity contribution in [3.63, 3.8) is 0 Å². The molecule has 33 heavy (non-hydrogen) atoms. The molecule has 1 aromatic carbocycles. The number of H-pyrrole nitrogens is 2. The lowest BCUT2D eigenvalue weighted by Gasteiger charge is -2.18. The second-order valence-corrected chi connectivity index (χ2v) is 10.5. The van der Waals surface area contributed by atoms with Gasteiger partial charge in [-0.1, -0.05) is 25.6 Å². The molecule has 11 nitrogen and oxygen atoms in total. The predicted molar refractivity (Wildman–Crippen MR) is 126 cm³/mol. The van der Waals surface area contributed by atoms with Gasteiger partial charge in [-0.2, -0.15) is 4.31 Å². The third-order valence-corrected chi connectivity index (χ3v) is 8.21. The number of carbonyl (C=O) groups excluding carboxylic acids is 1. The number of hydrogen-bond donors (Lipinski definition) is 3. The number of fused-ring (bicyclic) bond motifs is 2. The Morgan fingerprint density at radius 2 is 1.88 bits per heavy atom. The number of amides is 1. The van der Waals surface area contributed by atoms with Gasteiger partial charge < -0.3 is 15.3 Å². The number of anilines is 1. The van der Waals surface area contributed by atoms with Gasteiger partial charge >= 0.3 is 5.69 Å². The molecule has 0 bridgehead atoms. The number of thioether (sulfide) groups is 1. The van der Waals surface area contributed by atoms with Gasteiger partial charge in [0, 0.05) is 25.0 Å². The van der Waals surface area contributed by atoms with Crippen molar-refractivity contribution in [3.05, 3.63) is 47.0 Å². The molecule has 3 heterocycles. The third kappa shape index (κ3) is 4.51. The lowest BCUT2D eigenvalue weighted by molar-refractivity contribution is -0.115. The zero-order chi connectivity index (χ0) is 23.8. The van der Waals surface area contributed by atoms with Gasteiger partial charge in [-0.3, -0.25) is 9.20 Å². The number of hydrogen-bond acceptors (Lipinski definition) is 7. The molecule has 1 atom stereocenters. The van der Waals surface area contributed by atoms with Gasteiger partial charge in [0.2, 0.25) is 15.9 Å². The van der Waals surface area contributed by atoms with E-state index in [0.717, 1.165) is 11.8 Å². The summed E-state index contributed by atoms with van der Waals surface area (Å²) in [4.78, 5) is 29.6. The minimum absolute atomic E-state index is 0.131. The van der Waals surface area contributed by atoms with Crippen LogP contribution in [0, 0.1) is 0 Å². The Labute approximate surface area is 193 Å². The SMILES string of the molecule is CCN(CC)S(=O)(=O)c1ccc2nnc(SC(C)C(=O)Nc3ccc4[nH]c(=O)[nH]c4c3)n2c1. The molecule has 4 aromatic rings. The highest BCUT2D eigenvalue weighted by Crippen LogP contribution is 2.25. The van der Waals surface area contributed by atoms with Gasteiger partial charge in [-0.25, -0.2) is 13.2 Å². The molecular formula is C20H23N7O4S2. The fraction of sp³-hybridized carbons (Fsp3) is 0.300. The minimum Gasteiger partial charge on any atom is -0.325 e. The molecule has 0 spiro atoms. The van der Waals surface area contributed by atoms with Crippen LogP contribution in [0.5, 0.6) is 0 Å². The van der Waals surface area contributed by atoms with E-state index in [2.05, 4.69) is 25.5 Å². The van der Waals surface area contributed by atoms with Gasteiger partial charge in [0.05, 0.1) is 21.2 Å². The molecule has 0 aliphatic heterocycles. The molecule has 1 unspecified atom stereocenters. The van der Waals surface area contributed by atoms with E-state index in [-0.39, 0.29) is 16.5 Å². The summed E-state index contributed by atoms with van der Waals surface area (Å²) in [5.74, 6) is -0.277. The van der Waals surface area contributed by atoms with E-state index < -0.39 is 15.3 Å². The number of aromatic amines is 2. The molecule has 3 N–H and O–H groups in total. The van der Waals surface area contributed by atoms with Crippen LogP contribution in [-0.4, -0.2) is 61.5 Å². The van der Waals surface area contributed by atoms with Crippen molar-refractivity contribution in [1.29, 1.82) is 0 Å². The molecule has 0 saturated heterocycles. The van der Waals surface area contributed by atoms with Gasteiger partial charge in [-0.05, 0) is 37.3 Å². The average Bonchev–Trinajstić information content (AvgIpc) is 3.35. The van der Waals surface area contributed by atoms with Crippen molar-refractivity contribution >= 4 is 50.1 Å². The first kappa shape index (κ1) is 23.0. The molecule has 0 saturated carbocycles. The van der Waals surface area contributed by atoms with Crippen LogP contribution in [0.25, 0.3) is 16.7 Å². The summed E-state index contributed by atoms with van der Waals surface area (Å²) in [6.45, 7) is 6.01. The van der Waals surface area contributed by atoms with Crippen molar-refractivity contribution in [2.75, 3.05) is 18.4 Å². The smallest absolute Gasteiger partial charge is 0.323 e. The minimum atomic E-state index is -3.65.